The summed E-state index contributed by atoms with van der Waals surface area (Å²) in [5.41, 5.74) is 4.08. The van der Waals surface area contributed by atoms with Crippen LogP contribution in [-0.4, -0.2) is 13.6 Å². The van der Waals surface area contributed by atoms with E-state index in [2.05, 4.69) is 22.0 Å². The van der Waals surface area contributed by atoms with Crippen molar-refractivity contribution in [3.05, 3.63) is 46.3 Å². The first kappa shape index (κ1) is 14.3. The van der Waals surface area contributed by atoms with Gasteiger partial charge < -0.3 is 4.52 Å². The molecule has 112 valence electrons. The van der Waals surface area contributed by atoms with E-state index in [1.54, 1.807) is 13.8 Å². The summed E-state index contributed by atoms with van der Waals surface area (Å²) in [6, 6.07) is 6.18. The monoisotopic (exact) mass is 306 g/mol. The Morgan fingerprint density at radius 3 is 2.71 bits per heavy atom. The topological polar surface area (TPSA) is 72.2 Å². The summed E-state index contributed by atoms with van der Waals surface area (Å²) < 4.78 is 32.2. The van der Waals surface area contributed by atoms with Crippen LogP contribution in [0, 0.1) is 13.8 Å². The summed E-state index contributed by atoms with van der Waals surface area (Å²) in [5, 5.41) is 3.69. The number of sulfonamides is 1. The van der Waals surface area contributed by atoms with Crippen molar-refractivity contribution < 1.29 is 12.9 Å². The standard InChI is InChI=1S/C15H18N2O3S/c1-10-15(11(2)20-17-10)21(18,19)16-9-12-6-7-13-4-3-5-14(13)8-12/h6-8,16H,3-5,9H2,1-2H3. The smallest absolute Gasteiger partial charge is 0.246 e. The quantitative estimate of drug-likeness (QED) is 0.940. The van der Waals surface area contributed by atoms with E-state index in [4.69, 9.17) is 4.52 Å². The normalized spacial score (nSPS) is 14.4. The fraction of sp³-hybridized carbons (Fsp3) is 0.400. The third-order valence-electron chi connectivity index (χ3n) is 3.87. The molecular weight excluding hydrogens is 288 g/mol. The Morgan fingerprint density at radius 1 is 1.24 bits per heavy atom. The minimum atomic E-state index is -3.60. The lowest BCUT2D eigenvalue weighted by Crippen LogP contribution is -2.24. The predicted molar refractivity (Wildman–Crippen MR) is 78.5 cm³/mol. The van der Waals surface area contributed by atoms with E-state index in [1.165, 1.54) is 17.5 Å². The molecule has 0 bridgehead atoms. The summed E-state index contributed by atoms with van der Waals surface area (Å²) in [6.45, 7) is 3.50. The van der Waals surface area contributed by atoms with E-state index in [9.17, 15) is 8.42 Å². The van der Waals surface area contributed by atoms with E-state index >= 15 is 0 Å². The Morgan fingerprint density at radius 2 is 2.00 bits per heavy atom. The van der Waals surface area contributed by atoms with E-state index < -0.39 is 10.0 Å². The Balaban J connectivity index is 1.78. The fourth-order valence-corrected chi connectivity index (χ4v) is 4.19. The molecule has 1 aromatic carbocycles. The molecule has 0 spiro atoms. The number of rotatable bonds is 4. The first-order chi connectivity index (χ1) is 9.97. The molecule has 21 heavy (non-hydrogen) atoms. The van der Waals surface area contributed by atoms with Gasteiger partial charge in [0.1, 0.15) is 10.6 Å². The molecule has 0 fully saturated rings. The highest BCUT2D eigenvalue weighted by Crippen LogP contribution is 2.23. The van der Waals surface area contributed by atoms with Gasteiger partial charge in [-0.05, 0) is 49.8 Å². The third-order valence-corrected chi connectivity index (χ3v) is 5.51. The van der Waals surface area contributed by atoms with Gasteiger partial charge in [-0.2, -0.15) is 0 Å². The van der Waals surface area contributed by atoms with Crippen LogP contribution in [0.4, 0.5) is 0 Å². The van der Waals surface area contributed by atoms with Crippen molar-refractivity contribution >= 4 is 10.0 Å². The van der Waals surface area contributed by atoms with E-state index in [0.717, 1.165) is 18.4 Å². The van der Waals surface area contributed by atoms with Crippen LogP contribution in [0.3, 0.4) is 0 Å². The SMILES string of the molecule is Cc1noc(C)c1S(=O)(=O)NCc1ccc2c(c1)CCC2. The van der Waals surface area contributed by atoms with Crippen molar-refractivity contribution in [1.29, 1.82) is 0 Å². The lowest BCUT2D eigenvalue weighted by Gasteiger charge is -2.08. The Hall–Kier alpha value is -1.66. The molecule has 2 aromatic rings. The zero-order valence-electron chi connectivity index (χ0n) is 12.1. The van der Waals surface area contributed by atoms with Gasteiger partial charge in [-0.25, -0.2) is 13.1 Å². The second kappa shape index (κ2) is 5.27. The molecule has 1 N–H and O–H groups in total. The van der Waals surface area contributed by atoms with Gasteiger partial charge >= 0.3 is 0 Å². The highest BCUT2D eigenvalue weighted by molar-refractivity contribution is 7.89. The van der Waals surface area contributed by atoms with Gasteiger partial charge in [0.15, 0.2) is 5.76 Å². The Bertz CT molecular complexity index is 759. The zero-order valence-corrected chi connectivity index (χ0v) is 13.0. The van der Waals surface area contributed by atoms with Crippen LogP contribution in [0.25, 0.3) is 0 Å². The van der Waals surface area contributed by atoms with Gasteiger partial charge in [-0.3, -0.25) is 0 Å². The molecule has 0 aliphatic heterocycles. The molecule has 0 radical (unpaired) electrons. The Labute approximate surface area is 124 Å². The minimum Gasteiger partial charge on any atom is -0.360 e. The van der Waals surface area contributed by atoms with Crippen molar-refractivity contribution in [2.24, 2.45) is 0 Å². The van der Waals surface area contributed by atoms with Crippen molar-refractivity contribution in [3.63, 3.8) is 0 Å². The molecule has 1 aliphatic carbocycles. The second-order valence-electron chi connectivity index (χ2n) is 5.43. The van der Waals surface area contributed by atoms with E-state index in [-0.39, 0.29) is 11.4 Å². The second-order valence-corrected chi connectivity index (χ2v) is 7.14. The molecule has 0 amide bonds. The highest BCUT2D eigenvalue weighted by atomic mass is 32.2. The van der Waals surface area contributed by atoms with Crippen molar-refractivity contribution in [1.82, 2.24) is 9.88 Å². The summed E-state index contributed by atoms with van der Waals surface area (Å²) in [6.07, 6.45) is 3.39. The molecule has 5 nitrogen and oxygen atoms in total. The lowest BCUT2D eigenvalue weighted by molar-refractivity contribution is 0.390. The number of fused-ring (bicyclic) bond motifs is 1. The van der Waals surface area contributed by atoms with Gasteiger partial charge in [0.25, 0.3) is 0 Å². The van der Waals surface area contributed by atoms with Crippen LogP contribution in [0.1, 0.15) is 34.6 Å². The summed E-state index contributed by atoms with van der Waals surface area (Å²) in [5.74, 6) is 0.314. The first-order valence-electron chi connectivity index (χ1n) is 7.00. The maximum Gasteiger partial charge on any atom is 0.246 e. The molecule has 1 aromatic heterocycles. The van der Waals surface area contributed by atoms with Gasteiger partial charge in [-0.15, -0.1) is 0 Å². The first-order valence-corrected chi connectivity index (χ1v) is 8.49. The van der Waals surface area contributed by atoms with Crippen molar-refractivity contribution in [2.75, 3.05) is 0 Å². The number of hydrogen-bond donors (Lipinski definition) is 1. The average Bonchev–Trinajstić information content (AvgIpc) is 3.02. The van der Waals surface area contributed by atoms with Crippen LogP contribution >= 0.6 is 0 Å². The molecule has 1 heterocycles. The highest BCUT2D eigenvalue weighted by Gasteiger charge is 2.23. The maximum absolute atomic E-state index is 12.3. The summed E-state index contributed by atoms with van der Waals surface area (Å²) in [7, 11) is -3.60. The molecule has 3 rings (SSSR count). The molecular formula is C15H18N2O3S. The Kier molecular flexibility index (Phi) is 3.59. The molecule has 0 atom stereocenters. The predicted octanol–water partition coefficient (Wildman–Crippen LogP) is 2.26. The molecule has 0 unspecified atom stereocenters. The molecule has 0 saturated heterocycles. The molecule has 1 aliphatic rings. The number of hydrogen-bond acceptors (Lipinski definition) is 4. The molecule has 0 saturated carbocycles. The number of aryl methyl sites for hydroxylation is 4. The van der Waals surface area contributed by atoms with E-state index in [0.29, 0.717) is 11.5 Å². The largest absolute Gasteiger partial charge is 0.360 e. The van der Waals surface area contributed by atoms with Gasteiger partial charge in [0.05, 0.1) is 0 Å². The van der Waals surface area contributed by atoms with Gasteiger partial charge in [-0.1, -0.05) is 23.4 Å². The summed E-state index contributed by atoms with van der Waals surface area (Å²) in [4.78, 5) is 0.142. The minimum absolute atomic E-state index is 0.142. The number of nitrogens with zero attached hydrogens (tertiary/aromatic N) is 1. The fourth-order valence-electron chi connectivity index (χ4n) is 2.84. The van der Waals surface area contributed by atoms with Crippen LogP contribution in [0.15, 0.2) is 27.6 Å². The number of aromatic nitrogens is 1. The van der Waals surface area contributed by atoms with Crippen LogP contribution in [-0.2, 0) is 29.4 Å². The van der Waals surface area contributed by atoms with Gasteiger partial charge in [0.2, 0.25) is 10.0 Å². The van der Waals surface area contributed by atoms with Crippen LogP contribution in [0.2, 0.25) is 0 Å². The maximum atomic E-state index is 12.3. The molecule has 6 heteroatoms. The zero-order chi connectivity index (χ0) is 15.0. The number of nitrogens with one attached hydrogen (secondary N) is 1. The summed E-state index contributed by atoms with van der Waals surface area (Å²) >= 11 is 0. The number of benzene rings is 1. The lowest BCUT2D eigenvalue weighted by atomic mass is 10.1. The van der Waals surface area contributed by atoms with Crippen molar-refractivity contribution in [3.8, 4) is 0 Å². The third kappa shape index (κ3) is 2.73. The average molecular weight is 306 g/mol. The van der Waals surface area contributed by atoms with Crippen LogP contribution in [0.5, 0.6) is 0 Å². The van der Waals surface area contributed by atoms with Gasteiger partial charge in [0, 0.05) is 6.54 Å². The van der Waals surface area contributed by atoms with E-state index in [1.807, 2.05) is 6.07 Å². The van der Waals surface area contributed by atoms with Crippen molar-refractivity contribution in [2.45, 2.75) is 44.6 Å². The van der Waals surface area contributed by atoms with Crippen LogP contribution < -0.4 is 4.72 Å².